The number of H-pyrrole nitrogens is 1. The summed E-state index contributed by atoms with van der Waals surface area (Å²) in [5.74, 6) is 0. The van der Waals surface area contributed by atoms with Crippen LogP contribution in [0, 0.1) is 0 Å². The zero-order chi connectivity index (χ0) is 11.5. The molecule has 3 heteroatoms. The number of thiocarbonyl (C=S) groups is 1. The van der Waals surface area contributed by atoms with E-state index in [-0.39, 0.29) is 6.10 Å². The first kappa shape index (κ1) is 11.1. The van der Waals surface area contributed by atoms with Gasteiger partial charge in [0.05, 0.1) is 6.10 Å². The van der Waals surface area contributed by atoms with Crippen molar-refractivity contribution < 1.29 is 4.74 Å². The third-order valence-electron chi connectivity index (χ3n) is 2.67. The van der Waals surface area contributed by atoms with Gasteiger partial charge in [0, 0.05) is 22.7 Å². The molecule has 1 heterocycles. The van der Waals surface area contributed by atoms with Gasteiger partial charge in [-0.25, -0.2) is 0 Å². The van der Waals surface area contributed by atoms with E-state index in [4.69, 9.17) is 17.0 Å². The molecule has 0 saturated carbocycles. The maximum Gasteiger partial charge on any atom is 0.191 e. The molecule has 0 spiro atoms. The summed E-state index contributed by atoms with van der Waals surface area (Å²) >= 11 is 5.27. The molecule has 0 bridgehead atoms. The molecule has 0 fully saturated rings. The third kappa shape index (κ3) is 2.25. The number of nitrogens with one attached hydrogen (secondary N) is 1. The fourth-order valence-corrected chi connectivity index (χ4v) is 1.81. The van der Waals surface area contributed by atoms with E-state index < -0.39 is 0 Å². The molecule has 1 N–H and O–H groups in total. The summed E-state index contributed by atoms with van der Waals surface area (Å²) < 4.78 is 5.63. The van der Waals surface area contributed by atoms with Crippen molar-refractivity contribution in [2.24, 2.45) is 0 Å². The lowest BCUT2D eigenvalue weighted by atomic mass is 10.1. The molecular formula is C13H15NOS. The summed E-state index contributed by atoms with van der Waals surface area (Å²) in [6.45, 7) is 4.11. The van der Waals surface area contributed by atoms with Crippen molar-refractivity contribution in [3.63, 3.8) is 0 Å². The second-order valence-electron chi connectivity index (χ2n) is 3.90. The van der Waals surface area contributed by atoms with E-state index in [1.165, 1.54) is 0 Å². The van der Waals surface area contributed by atoms with E-state index in [0.717, 1.165) is 22.9 Å². The summed E-state index contributed by atoms with van der Waals surface area (Å²) in [5, 5.41) is 1.74. The number of rotatable bonds is 3. The van der Waals surface area contributed by atoms with Crippen molar-refractivity contribution in [3.8, 4) is 0 Å². The van der Waals surface area contributed by atoms with E-state index >= 15 is 0 Å². The molecule has 1 aromatic heterocycles. The Hall–Kier alpha value is -1.35. The largest absolute Gasteiger partial charge is 0.480 e. The van der Waals surface area contributed by atoms with Crippen LogP contribution in [0.3, 0.4) is 0 Å². The summed E-state index contributed by atoms with van der Waals surface area (Å²) in [6.07, 6.45) is 3.06. The van der Waals surface area contributed by atoms with E-state index in [1.54, 1.807) is 0 Å². The number of ether oxygens (including phenoxy) is 1. The number of hydrogen-bond acceptors (Lipinski definition) is 2. The van der Waals surface area contributed by atoms with Crippen LogP contribution in [0.4, 0.5) is 0 Å². The summed E-state index contributed by atoms with van der Waals surface area (Å²) in [6, 6.07) is 8.10. The minimum absolute atomic E-state index is 0.175. The summed E-state index contributed by atoms with van der Waals surface area (Å²) in [5.41, 5.74) is 2.09. The smallest absolute Gasteiger partial charge is 0.191 e. The van der Waals surface area contributed by atoms with Crippen molar-refractivity contribution in [2.75, 3.05) is 0 Å². The molecule has 84 valence electrons. The maximum atomic E-state index is 5.63. The number of hydrogen-bond donors (Lipinski definition) is 1. The lowest BCUT2D eigenvalue weighted by Crippen LogP contribution is -2.12. The molecule has 0 aliphatic heterocycles. The van der Waals surface area contributed by atoms with Gasteiger partial charge < -0.3 is 9.72 Å². The number of fused-ring (bicyclic) bond motifs is 1. The number of aromatic amines is 1. The van der Waals surface area contributed by atoms with Gasteiger partial charge in [-0.1, -0.05) is 6.92 Å². The number of benzene rings is 1. The molecule has 0 radical (unpaired) electrons. The Balaban J connectivity index is 2.22. The van der Waals surface area contributed by atoms with E-state index in [0.29, 0.717) is 5.05 Å². The second kappa shape index (κ2) is 4.66. The highest BCUT2D eigenvalue weighted by molar-refractivity contribution is 7.80. The first-order valence-corrected chi connectivity index (χ1v) is 5.89. The van der Waals surface area contributed by atoms with Crippen molar-refractivity contribution in [1.29, 1.82) is 0 Å². The molecule has 16 heavy (non-hydrogen) atoms. The molecular weight excluding hydrogens is 218 g/mol. The van der Waals surface area contributed by atoms with Crippen molar-refractivity contribution in [3.05, 3.63) is 36.0 Å². The van der Waals surface area contributed by atoms with Gasteiger partial charge in [-0.3, -0.25) is 0 Å². The lowest BCUT2D eigenvalue weighted by molar-refractivity contribution is 0.211. The number of aromatic nitrogens is 1. The minimum Gasteiger partial charge on any atom is -0.480 e. The van der Waals surface area contributed by atoms with Crippen LogP contribution in [0.1, 0.15) is 25.8 Å². The van der Waals surface area contributed by atoms with Gasteiger partial charge in [0.2, 0.25) is 0 Å². The average Bonchev–Trinajstić information content (AvgIpc) is 2.75. The lowest BCUT2D eigenvalue weighted by Gasteiger charge is -2.13. The van der Waals surface area contributed by atoms with Crippen molar-refractivity contribution >= 4 is 28.2 Å². The highest BCUT2D eigenvalue weighted by Gasteiger charge is 2.07. The SMILES string of the molecule is CCC(C)OC(=S)c1ccc2[nH]ccc2c1. The highest BCUT2D eigenvalue weighted by atomic mass is 32.1. The average molecular weight is 233 g/mol. The molecule has 0 aliphatic rings. The first-order chi connectivity index (χ1) is 7.70. The molecule has 2 rings (SSSR count). The quantitative estimate of drug-likeness (QED) is 0.818. The van der Waals surface area contributed by atoms with E-state index in [2.05, 4.69) is 18.0 Å². The van der Waals surface area contributed by atoms with Crippen LogP contribution in [0.25, 0.3) is 10.9 Å². The van der Waals surface area contributed by atoms with Crippen molar-refractivity contribution in [2.45, 2.75) is 26.4 Å². The van der Waals surface area contributed by atoms with Gasteiger partial charge in [-0.05, 0) is 49.8 Å². The first-order valence-electron chi connectivity index (χ1n) is 5.49. The molecule has 2 aromatic rings. The second-order valence-corrected chi connectivity index (χ2v) is 4.27. The van der Waals surface area contributed by atoms with Crippen LogP contribution in [0.2, 0.25) is 0 Å². The molecule has 1 aromatic carbocycles. The Morgan fingerprint density at radius 1 is 1.44 bits per heavy atom. The van der Waals surface area contributed by atoms with Gasteiger partial charge in [0.1, 0.15) is 0 Å². The Morgan fingerprint density at radius 2 is 2.25 bits per heavy atom. The molecule has 2 nitrogen and oxygen atoms in total. The fourth-order valence-electron chi connectivity index (χ4n) is 1.51. The predicted octanol–water partition coefficient (Wildman–Crippen LogP) is 3.66. The molecule has 0 saturated heterocycles. The van der Waals surface area contributed by atoms with Crippen LogP contribution < -0.4 is 0 Å². The molecule has 0 aliphatic carbocycles. The third-order valence-corrected chi connectivity index (χ3v) is 3.00. The monoisotopic (exact) mass is 233 g/mol. The van der Waals surface area contributed by atoms with E-state index in [1.807, 2.05) is 31.3 Å². The Morgan fingerprint density at radius 3 is 3.00 bits per heavy atom. The molecule has 1 atom stereocenters. The zero-order valence-electron chi connectivity index (χ0n) is 9.49. The molecule has 0 amide bonds. The normalized spacial score (nSPS) is 12.6. The van der Waals surface area contributed by atoms with E-state index in [9.17, 15) is 0 Å². The van der Waals surface area contributed by atoms with Crippen LogP contribution in [0.15, 0.2) is 30.5 Å². The fraction of sp³-hybridized carbons (Fsp3) is 0.308. The zero-order valence-corrected chi connectivity index (χ0v) is 10.3. The van der Waals surface area contributed by atoms with Gasteiger partial charge in [0.15, 0.2) is 5.05 Å². The van der Waals surface area contributed by atoms with Crippen LogP contribution >= 0.6 is 12.2 Å². The Labute approximate surface area is 101 Å². The van der Waals surface area contributed by atoms with Crippen LogP contribution in [-0.4, -0.2) is 16.1 Å². The summed E-state index contributed by atoms with van der Waals surface area (Å²) in [4.78, 5) is 3.15. The minimum atomic E-state index is 0.175. The molecule has 1 unspecified atom stereocenters. The topological polar surface area (TPSA) is 25.0 Å². The van der Waals surface area contributed by atoms with Gasteiger partial charge >= 0.3 is 0 Å². The van der Waals surface area contributed by atoms with Crippen LogP contribution in [-0.2, 0) is 4.74 Å². The standard InChI is InChI=1S/C13H15NOS/c1-3-9(2)15-13(16)11-4-5-12-10(8-11)6-7-14-12/h4-9,14H,3H2,1-2H3. The summed E-state index contributed by atoms with van der Waals surface area (Å²) in [7, 11) is 0. The van der Waals surface area contributed by atoms with Gasteiger partial charge in [0.25, 0.3) is 0 Å². The van der Waals surface area contributed by atoms with Gasteiger partial charge in [-0.2, -0.15) is 0 Å². The van der Waals surface area contributed by atoms with Gasteiger partial charge in [-0.15, -0.1) is 0 Å². The Kier molecular flexibility index (Phi) is 3.25. The predicted molar refractivity (Wildman–Crippen MR) is 70.8 cm³/mol. The van der Waals surface area contributed by atoms with Crippen LogP contribution in [0.5, 0.6) is 0 Å². The highest BCUT2D eigenvalue weighted by Crippen LogP contribution is 2.16. The maximum absolute atomic E-state index is 5.63. The van der Waals surface area contributed by atoms with Crippen molar-refractivity contribution in [1.82, 2.24) is 4.98 Å². The Bertz CT molecular complexity index is 503.